The first kappa shape index (κ1) is 18.1. The van der Waals surface area contributed by atoms with Crippen molar-refractivity contribution in [2.75, 3.05) is 0 Å². The fourth-order valence-corrected chi connectivity index (χ4v) is 1.10. The standard InChI is InChI=1S/2Li.H3O7PS.2H/c;;1-8(2,3)7-9(4,5)6;;/h;;(H2,1,2,3)(H,4,5,6);;. The molecule has 0 aliphatic heterocycles. The Morgan fingerprint density at radius 1 is 1.18 bits per heavy atom. The Bertz CT molecular complexity index is 223. The van der Waals surface area contributed by atoms with E-state index in [-0.39, 0.29) is 37.7 Å². The van der Waals surface area contributed by atoms with Crippen molar-refractivity contribution in [1.29, 1.82) is 0 Å². The zero-order valence-corrected chi connectivity index (χ0v) is 5.54. The molecular weight excluding hydrogens is 189 g/mol. The summed E-state index contributed by atoms with van der Waals surface area (Å²) >= 11 is 0. The van der Waals surface area contributed by atoms with Gasteiger partial charge in [-0.15, -0.1) is 3.97 Å². The molecule has 0 heterocycles. The molecule has 7 nitrogen and oxygen atoms in total. The van der Waals surface area contributed by atoms with E-state index in [0.717, 1.165) is 0 Å². The molecule has 0 aliphatic carbocycles. The van der Waals surface area contributed by atoms with E-state index in [9.17, 15) is 13.0 Å². The van der Waals surface area contributed by atoms with Crippen LogP contribution in [0.5, 0.6) is 0 Å². The molecule has 0 spiro atoms. The molecule has 0 saturated carbocycles. The van der Waals surface area contributed by atoms with E-state index >= 15 is 0 Å². The summed E-state index contributed by atoms with van der Waals surface area (Å²) in [6, 6.07) is 0. The predicted molar refractivity (Wildman–Crippen MR) is 39.0 cm³/mol. The third-order valence-corrected chi connectivity index (χ3v) is 1.72. The van der Waals surface area contributed by atoms with Crippen LogP contribution in [0.15, 0.2) is 0 Å². The molecule has 0 radical (unpaired) electrons. The van der Waals surface area contributed by atoms with Crippen molar-refractivity contribution in [3.8, 4) is 0 Å². The fraction of sp³-hybridized carbons (Fsp3) is 0. The van der Waals surface area contributed by atoms with Crippen molar-refractivity contribution >= 4 is 55.9 Å². The molecule has 0 saturated heterocycles. The average Bonchev–Trinajstić information content (AvgIpc) is 1.14. The van der Waals surface area contributed by atoms with Gasteiger partial charge < -0.3 is 9.79 Å². The summed E-state index contributed by atoms with van der Waals surface area (Å²) in [5, 5.41) is 0. The van der Waals surface area contributed by atoms with Crippen molar-refractivity contribution in [1.82, 2.24) is 0 Å². The molecule has 0 fully saturated rings. The molecule has 11 heteroatoms. The van der Waals surface area contributed by atoms with Gasteiger partial charge in [-0.05, 0) is 0 Å². The zero-order valence-electron chi connectivity index (χ0n) is 3.83. The Morgan fingerprint density at radius 2 is 1.45 bits per heavy atom. The van der Waals surface area contributed by atoms with Crippen LogP contribution in [0, 0.1) is 0 Å². The van der Waals surface area contributed by atoms with Gasteiger partial charge in [0.1, 0.15) is 0 Å². The molecule has 0 aromatic rings. The van der Waals surface area contributed by atoms with Crippen LogP contribution >= 0.6 is 7.82 Å². The first-order valence-corrected chi connectivity index (χ1v) is 4.34. The second-order valence-electron chi connectivity index (χ2n) is 0.993. The van der Waals surface area contributed by atoms with Gasteiger partial charge in [-0.1, -0.05) is 0 Å². The Labute approximate surface area is 87.1 Å². The third kappa shape index (κ3) is 18.3. The van der Waals surface area contributed by atoms with E-state index in [0.29, 0.717) is 0 Å². The molecule has 60 valence electrons. The molecule has 0 aromatic heterocycles. The van der Waals surface area contributed by atoms with Gasteiger partial charge >= 0.3 is 55.9 Å². The monoisotopic (exact) mass is 194 g/mol. The second-order valence-corrected chi connectivity index (χ2v) is 3.43. The summed E-state index contributed by atoms with van der Waals surface area (Å²) in [7, 11) is -10.2. The van der Waals surface area contributed by atoms with E-state index in [1.54, 1.807) is 0 Å². The number of phosphoric acid groups is 1. The van der Waals surface area contributed by atoms with Gasteiger partial charge in [-0.2, -0.15) is 8.42 Å². The first-order valence-electron chi connectivity index (χ1n) is 1.45. The van der Waals surface area contributed by atoms with E-state index < -0.39 is 18.2 Å². The van der Waals surface area contributed by atoms with Crippen LogP contribution in [0.4, 0.5) is 0 Å². The molecule has 0 rings (SSSR count). The van der Waals surface area contributed by atoms with Crippen molar-refractivity contribution in [3.05, 3.63) is 0 Å². The van der Waals surface area contributed by atoms with Gasteiger partial charge in [0.15, 0.2) is 0 Å². The van der Waals surface area contributed by atoms with Gasteiger partial charge in [0.25, 0.3) is 0 Å². The maximum atomic E-state index is 9.58. The van der Waals surface area contributed by atoms with Gasteiger partial charge in [0.05, 0.1) is 0 Å². The van der Waals surface area contributed by atoms with Crippen molar-refractivity contribution in [2.45, 2.75) is 0 Å². The Kier molecular flexibility index (Phi) is 9.53. The summed E-state index contributed by atoms with van der Waals surface area (Å²) in [6.07, 6.45) is 0. The Hall–Kier alpha value is 1.21. The van der Waals surface area contributed by atoms with E-state index in [2.05, 4.69) is 3.97 Å². The minimum atomic E-state index is -5.13. The predicted octanol–water partition coefficient (Wildman–Crippen LogP) is -2.40. The Balaban J connectivity index is -0.000000320. The zero-order chi connectivity index (χ0) is 7.71. The van der Waals surface area contributed by atoms with Crippen LogP contribution in [0.2, 0.25) is 0 Å². The SMILES string of the molecule is O=P(O)(O)OS(=O)(=O)O.[LiH].[LiH]. The van der Waals surface area contributed by atoms with Crippen LogP contribution in [0.3, 0.4) is 0 Å². The van der Waals surface area contributed by atoms with E-state index in [1.165, 1.54) is 0 Å². The van der Waals surface area contributed by atoms with Crippen molar-refractivity contribution < 1.29 is 31.3 Å². The molecule has 0 bridgehead atoms. The maximum absolute atomic E-state index is 9.58. The molecule has 0 aromatic carbocycles. The van der Waals surface area contributed by atoms with Crippen LogP contribution in [0.25, 0.3) is 0 Å². The molecule has 0 atom stereocenters. The topological polar surface area (TPSA) is 121 Å². The Morgan fingerprint density at radius 3 is 1.45 bits per heavy atom. The van der Waals surface area contributed by atoms with Gasteiger partial charge in [-0.3, -0.25) is 4.55 Å². The molecule has 0 amide bonds. The molecule has 11 heavy (non-hydrogen) atoms. The quantitative estimate of drug-likeness (QED) is 0.254. The van der Waals surface area contributed by atoms with Gasteiger partial charge in [0.2, 0.25) is 0 Å². The molecular formula is H5Li2O7PS. The van der Waals surface area contributed by atoms with E-state index in [1.807, 2.05) is 0 Å². The fourth-order valence-electron chi connectivity index (χ4n) is 0.123. The van der Waals surface area contributed by atoms with Crippen LogP contribution in [-0.2, 0) is 18.9 Å². The summed E-state index contributed by atoms with van der Waals surface area (Å²) < 4.78 is 39.0. The number of hydrogen-bond acceptors (Lipinski definition) is 4. The summed E-state index contributed by atoms with van der Waals surface area (Å²) in [5.41, 5.74) is 0. The molecule has 0 aliphatic rings. The van der Waals surface area contributed by atoms with Gasteiger partial charge in [0, 0.05) is 0 Å². The summed E-state index contributed by atoms with van der Waals surface area (Å²) in [4.78, 5) is 15.4. The van der Waals surface area contributed by atoms with Crippen LogP contribution < -0.4 is 0 Å². The van der Waals surface area contributed by atoms with Crippen LogP contribution in [0.1, 0.15) is 0 Å². The minimum absolute atomic E-state index is 0. The molecule has 3 N–H and O–H groups in total. The second kappa shape index (κ2) is 5.79. The van der Waals surface area contributed by atoms with Crippen molar-refractivity contribution in [2.24, 2.45) is 0 Å². The summed E-state index contributed by atoms with van der Waals surface area (Å²) in [5.74, 6) is 0. The number of hydrogen-bond donors (Lipinski definition) is 3. The third-order valence-electron chi connectivity index (χ3n) is 0.191. The van der Waals surface area contributed by atoms with E-state index in [4.69, 9.17) is 14.3 Å². The van der Waals surface area contributed by atoms with Crippen molar-refractivity contribution in [3.63, 3.8) is 0 Å². The average molecular weight is 194 g/mol. The summed E-state index contributed by atoms with van der Waals surface area (Å²) in [6.45, 7) is 0. The normalized spacial score (nSPS) is 11.2. The van der Waals surface area contributed by atoms with Gasteiger partial charge in [-0.25, -0.2) is 4.57 Å². The molecule has 0 unspecified atom stereocenters. The first-order chi connectivity index (χ1) is 3.71. The van der Waals surface area contributed by atoms with Crippen LogP contribution in [-0.4, -0.2) is 60.5 Å². The number of rotatable bonds is 2.